The minimum absolute atomic E-state index is 0.293. The van der Waals surface area contributed by atoms with E-state index >= 15 is 0 Å². The van der Waals surface area contributed by atoms with Crippen LogP contribution in [0.1, 0.15) is 5.01 Å². The van der Waals surface area contributed by atoms with Crippen LogP contribution in [0.25, 0.3) is 11.3 Å². The molecule has 0 saturated carbocycles. The summed E-state index contributed by atoms with van der Waals surface area (Å²) in [5.41, 5.74) is 1.82. The van der Waals surface area contributed by atoms with E-state index in [0.717, 1.165) is 29.2 Å². The van der Waals surface area contributed by atoms with E-state index in [1.165, 1.54) is 18.4 Å². The fourth-order valence-corrected chi connectivity index (χ4v) is 3.51. The largest absolute Gasteiger partial charge is 0.319 e. The highest BCUT2D eigenvalue weighted by atomic mass is 32.2. The molecule has 0 unspecified atom stereocenters. The molecule has 0 fully saturated rings. The molecule has 7 heteroatoms. The third kappa shape index (κ3) is 3.68. The van der Waals surface area contributed by atoms with Crippen molar-refractivity contribution in [1.82, 2.24) is 14.6 Å². The zero-order valence-electron chi connectivity index (χ0n) is 12.3. The predicted molar refractivity (Wildman–Crippen MR) is 86.1 cm³/mol. The first kappa shape index (κ1) is 16.1. The molecular formula is C14H19N3O2S2. The number of nitrogens with one attached hydrogen (secondary N) is 1. The molecule has 114 valence electrons. The molecule has 1 heterocycles. The standard InChI is InChI=1S/C14H19N3O2S2/c1-15-9-8-14-16-13(10-20-14)11-4-6-12(7-5-11)21(18,19)17(2)3/h4-7,10,15H,8-9H2,1-3H3. The Hall–Kier alpha value is -1.28. The van der Waals surface area contributed by atoms with Crippen molar-refractivity contribution in [2.75, 3.05) is 27.7 Å². The second-order valence-electron chi connectivity index (χ2n) is 4.79. The molecule has 1 aromatic carbocycles. The number of benzene rings is 1. The number of nitrogens with zero attached hydrogens (tertiary/aromatic N) is 2. The van der Waals surface area contributed by atoms with Crippen molar-refractivity contribution < 1.29 is 8.42 Å². The van der Waals surface area contributed by atoms with Gasteiger partial charge >= 0.3 is 0 Å². The van der Waals surface area contributed by atoms with Crippen molar-refractivity contribution in [3.05, 3.63) is 34.7 Å². The summed E-state index contributed by atoms with van der Waals surface area (Å²) < 4.78 is 25.2. The van der Waals surface area contributed by atoms with E-state index in [1.54, 1.807) is 35.6 Å². The highest BCUT2D eigenvalue weighted by molar-refractivity contribution is 7.89. The number of aromatic nitrogens is 1. The number of sulfonamides is 1. The van der Waals surface area contributed by atoms with Gasteiger partial charge in [-0.1, -0.05) is 12.1 Å². The maximum Gasteiger partial charge on any atom is 0.242 e. The number of thiazole rings is 1. The minimum Gasteiger partial charge on any atom is -0.319 e. The monoisotopic (exact) mass is 325 g/mol. The molecule has 1 N–H and O–H groups in total. The first-order chi connectivity index (χ1) is 9.95. The molecule has 2 aromatic rings. The molecule has 0 atom stereocenters. The molecule has 0 spiro atoms. The van der Waals surface area contributed by atoms with Gasteiger partial charge in [-0.3, -0.25) is 0 Å². The van der Waals surface area contributed by atoms with Gasteiger partial charge in [0.25, 0.3) is 0 Å². The highest BCUT2D eigenvalue weighted by Crippen LogP contribution is 2.24. The molecule has 0 aliphatic carbocycles. The highest BCUT2D eigenvalue weighted by Gasteiger charge is 2.17. The van der Waals surface area contributed by atoms with E-state index < -0.39 is 10.0 Å². The van der Waals surface area contributed by atoms with Crippen molar-refractivity contribution in [3.8, 4) is 11.3 Å². The van der Waals surface area contributed by atoms with Crippen molar-refractivity contribution in [1.29, 1.82) is 0 Å². The second-order valence-corrected chi connectivity index (χ2v) is 7.89. The SMILES string of the molecule is CNCCc1nc(-c2ccc(S(=O)(=O)N(C)C)cc2)cs1. The maximum absolute atomic E-state index is 12.0. The average molecular weight is 325 g/mol. The lowest BCUT2D eigenvalue weighted by Gasteiger charge is -2.11. The summed E-state index contributed by atoms with van der Waals surface area (Å²) in [6, 6.07) is 6.84. The summed E-state index contributed by atoms with van der Waals surface area (Å²) in [6.07, 6.45) is 0.897. The minimum atomic E-state index is -3.38. The molecule has 21 heavy (non-hydrogen) atoms. The van der Waals surface area contributed by atoms with Crippen LogP contribution in [0.2, 0.25) is 0 Å². The lowest BCUT2D eigenvalue weighted by Crippen LogP contribution is -2.22. The van der Waals surface area contributed by atoms with Gasteiger partial charge in [-0.05, 0) is 19.2 Å². The van der Waals surface area contributed by atoms with Gasteiger partial charge in [-0.15, -0.1) is 11.3 Å². The van der Waals surface area contributed by atoms with Gasteiger partial charge in [-0.25, -0.2) is 17.7 Å². The predicted octanol–water partition coefficient (Wildman–Crippen LogP) is 1.82. The van der Waals surface area contributed by atoms with Gasteiger partial charge in [0.2, 0.25) is 10.0 Å². The van der Waals surface area contributed by atoms with Crippen LogP contribution < -0.4 is 5.32 Å². The summed E-state index contributed by atoms with van der Waals surface area (Å²) in [5.74, 6) is 0. The Morgan fingerprint density at radius 1 is 1.24 bits per heavy atom. The van der Waals surface area contributed by atoms with Gasteiger partial charge in [0.05, 0.1) is 15.6 Å². The Kier molecular flexibility index (Phi) is 5.10. The van der Waals surface area contributed by atoms with Gasteiger partial charge in [0.1, 0.15) is 0 Å². The number of hydrogen-bond donors (Lipinski definition) is 1. The van der Waals surface area contributed by atoms with E-state index in [-0.39, 0.29) is 0 Å². The molecule has 0 aliphatic heterocycles. The molecular weight excluding hydrogens is 306 g/mol. The van der Waals surface area contributed by atoms with Crippen LogP contribution in [-0.4, -0.2) is 45.4 Å². The zero-order valence-corrected chi connectivity index (χ0v) is 14.0. The van der Waals surface area contributed by atoms with Crippen LogP contribution in [0, 0.1) is 0 Å². The number of likely N-dealkylation sites (N-methyl/N-ethyl adjacent to an activating group) is 1. The summed E-state index contributed by atoms with van der Waals surface area (Å²) in [4.78, 5) is 4.86. The molecule has 0 amide bonds. The fraction of sp³-hybridized carbons (Fsp3) is 0.357. The van der Waals surface area contributed by atoms with Crippen molar-refractivity contribution >= 4 is 21.4 Å². The Morgan fingerprint density at radius 2 is 1.90 bits per heavy atom. The average Bonchev–Trinajstić information content (AvgIpc) is 2.94. The zero-order chi connectivity index (χ0) is 15.5. The van der Waals surface area contributed by atoms with E-state index in [9.17, 15) is 8.42 Å². The molecule has 0 aliphatic rings. The molecule has 0 saturated heterocycles. The summed E-state index contributed by atoms with van der Waals surface area (Å²) >= 11 is 1.62. The van der Waals surface area contributed by atoms with E-state index in [1.807, 2.05) is 12.4 Å². The Balaban J connectivity index is 2.21. The van der Waals surface area contributed by atoms with Gasteiger partial charge in [0, 0.05) is 38.0 Å². The fourth-order valence-electron chi connectivity index (χ4n) is 1.80. The van der Waals surface area contributed by atoms with Crippen molar-refractivity contribution in [3.63, 3.8) is 0 Å². The van der Waals surface area contributed by atoms with Gasteiger partial charge in [-0.2, -0.15) is 0 Å². The van der Waals surface area contributed by atoms with Crippen LogP contribution in [0.4, 0.5) is 0 Å². The topological polar surface area (TPSA) is 62.3 Å². The van der Waals surface area contributed by atoms with Crippen molar-refractivity contribution in [2.24, 2.45) is 0 Å². The first-order valence-corrected chi connectivity index (χ1v) is 8.89. The molecule has 0 radical (unpaired) electrons. The maximum atomic E-state index is 12.0. The lowest BCUT2D eigenvalue weighted by molar-refractivity contribution is 0.521. The first-order valence-electron chi connectivity index (χ1n) is 6.57. The number of rotatable bonds is 6. The smallest absolute Gasteiger partial charge is 0.242 e. The molecule has 0 bridgehead atoms. The summed E-state index contributed by atoms with van der Waals surface area (Å²) in [6.45, 7) is 0.896. The quantitative estimate of drug-likeness (QED) is 0.880. The Morgan fingerprint density at radius 3 is 2.48 bits per heavy atom. The van der Waals surface area contributed by atoms with Gasteiger partial charge in [0.15, 0.2) is 0 Å². The van der Waals surface area contributed by atoms with Crippen LogP contribution >= 0.6 is 11.3 Å². The van der Waals surface area contributed by atoms with E-state index in [4.69, 9.17) is 0 Å². The summed E-state index contributed by atoms with van der Waals surface area (Å²) in [5, 5.41) is 6.17. The molecule has 1 aromatic heterocycles. The van der Waals surface area contributed by atoms with Crippen LogP contribution in [-0.2, 0) is 16.4 Å². The van der Waals surface area contributed by atoms with Gasteiger partial charge < -0.3 is 5.32 Å². The third-order valence-corrected chi connectivity index (χ3v) is 5.81. The Labute approximate surface area is 129 Å². The second kappa shape index (κ2) is 6.65. The normalized spacial score (nSPS) is 12.0. The number of hydrogen-bond acceptors (Lipinski definition) is 5. The molecule has 2 rings (SSSR count). The van der Waals surface area contributed by atoms with E-state index in [2.05, 4.69) is 10.3 Å². The third-order valence-electron chi connectivity index (χ3n) is 3.07. The Bertz CT molecular complexity index is 691. The lowest BCUT2D eigenvalue weighted by atomic mass is 10.2. The van der Waals surface area contributed by atoms with Crippen LogP contribution in [0.15, 0.2) is 34.5 Å². The van der Waals surface area contributed by atoms with Crippen LogP contribution in [0.5, 0.6) is 0 Å². The van der Waals surface area contributed by atoms with Crippen LogP contribution in [0.3, 0.4) is 0 Å². The van der Waals surface area contributed by atoms with Crippen molar-refractivity contribution in [2.45, 2.75) is 11.3 Å². The van der Waals surface area contributed by atoms with E-state index in [0.29, 0.717) is 4.90 Å². The summed E-state index contributed by atoms with van der Waals surface area (Å²) in [7, 11) is 1.59. The molecule has 5 nitrogen and oxygen atoms in total.